The Morgan fingerprint density at radius 3 is 2.88 bits per heavy atom. The van der Waals surface area contributed by atoms with Crippen LogP contribution in [0, 0.1) is 11.3 Å². The van der Waals surface area contributed by atoms with Crippen molar-refractivity contribution in [2.75, 3.05) is 6.54 Å². The molecule has 0 atom stereocenters. The number of hydrogen-bond donors (Lipinski definition) is 1. The lowest BCUT2D eigenvalue weighted by Gasteiger charge is -2.45. The highest BCUT2D eigenvalue weighted by atomic mass is 16.2. The molecular weight excluding hydrogens is 328 g/mol. The highest BCUT2D eigenvalue weighted by Gasteiger charge is 2.45. The van der Waals surface area contributed by atoms with E-state index in [2.05, 4.69) is 39.3 Å². The second-order valence-corrected chi connectivity index (χ2v) is 8.22. The predicted molar refractivity (Wildman–Crippen MR) is 98.1 cm³/mol. The first-order valence-electron chi connectivity index (χ1n) is 9.78. The van der Waals surface area contributed by atoms with Gasteiger partial charge in [-0.25, -0.2) is 0 Å². The van der Waals surface area contributed by atoms with E-state index in [0.29, 0.717) is 17.4 Å². The molecule has 2 fully saturated rings. The molecule has 0 radical (unpaired) electrons. The van der Waals surface area contributed by atoms with Gasteiger partial charge in [-0.1, -0.05) is 25.5 Å². The van der Waals surface area contributed by atoms with Gasteiger partial charge in [-0.15, -0.1) is 5.10 Å². The van der Waals surface area contributed by atoms with Crippen LogP contribution in [0.15, 0.2) is 18.5 Å². The van der Waals surface area contributed by atoms with E-state index in [1.165, 1.54) is 6.42 Å². The Bertz CT molecular complexity index is 742. The number of carbonyl (C=O) groups is 1. The first-order chi connectivity index (χ1) is 12.6. The van der Waals surface area contributed by atoms with E-state index >= 15 is 0 Å². The van der Waals surface area contributed by atoms with Gasteiger partial charge in [-0.05, 0) is 43.6 Å². The summed E-state index contributed by atoms with van der Waals surface area (Å²) in [6.45, 7) is 6.13. The first-order valence-corrected chi connectivity index (χ1v) is 9.78. The molecular formula is C19H28N6O. The summed E-state index contributed by atoms with van der Waals surface area (Å²) in [7, 11) is 0. The van der Waals surface area contributed by atoms with Gasteiger partial charge < -0.3 is 4.90 Å². The van der Waals surface area contributed by atoms with E-state index in [1.54, 1.807) is 6.20 Å². The summed E-state index contributed by atoms with van der Waals surface area (Å²) in [5, 5.41) is 15.2. The van der Waals surface area contributed by atoms with E-state index in [9.17, 15) is 4.79 Å². The van der Waals surface area contributed by atoms with Crippen LogP contribution in [-0.4, -0.2) is 48.6 Å². The SMILES string of the molecule is CCC1(C)CC(C(=O)N(CCCn2cc(-c3ccn[nH]3)nn2)C2CC2)C1. The molecule has 7 heteroatoms. The summed E-state index contributed by atoms with van der Waals surface area (Å²) in [4.78, 5) is 15.0. The van der Waals surface area contributed by atoms with Crippen LogP contribution < -0.4 is 0 Å². The van der Waals surface area contributed by atoms with Gasteiger partial charge in [0.1, 0.15) is 5.69 Å². The summed E-state index contributed by atoms with van der Waals surface area (Å²) in [5.74, 6) is 0.633. The molecule has 0 unspecified atom stereocenters. The lowest BCUT2D eigenvalue weighted by molar-refractivity contribution is -0.143. The smallest absolute Gasteiger partial charge is 0.225 e. The van der Waals surface area contributed by atoms with Gasteiger partial charge in [0, 0.05) is 31.2 Å². The number of aromatic nitrogens is 5. The molecule has 2 aliphatic rings. The van der Waals surface area contributed by atoms with E-state index in [4.69, 9.17) is 0 Å². The Kier molecular flexibility index (Phi) is 4.54. The Balaban J connectivity index is 1.29. The van der Waals surface area contributed by atoms with E-state index in [0.717, 1.165) is 56.6 Å². The third-order valence-electron chi connectivity index (χ3n) is 6.05. The molecule has 7 nitrogen and oxygen atoms in total. The van der Waals surface area contributed by atoms with Crippen molar-refractivity contribution in [3.05, 3.63) is 18.5 Å². The van der Waals surface area contributed by atoms with Crippen molar-refractivity contribution in [1.29, 1.82) is 0 Å². The van der Waals surface area contributed by atoms with Crippen LogP contribution >= 0.6 is 0 Å². The maximum absolute atomic E-state index is 12.9. The van der Waals surface area contributed by atoms with E-state index in [-0.39, 0.29) is 5.92 Å². The maximum atomic E-state index is 12.9. The summed E-state index contributed by atoms with van der Waals surface area (Å²) >= 11 is 0. The minimum Gasteiger partial charge on any atom is -0.339 e. The highest BCUT2D eigenvalue weighted by Crippen LogP contribution is 2.49. The second kappa shape index (κ2) is 6.85. The molecule has 2 aromatic rings. The topological polar surface area (TPSA) is 79.7 Å². The second-order valence-electron chi connectivity index (χ2n) is 8.22. The van der Waals surface area contributed by atoms with Gasteiger partial charge in [0.2, 0.25) is 5.91 Å². The predicted octanol–water partition coefficient (Wildman–Crippen LogP) is 2.88. The molecule has 1 N–H and O–H groups in total. The summed E-state index contributed by atoms with van der Waals surface area (Å²) in [6.07, 6.45) is 10.2. The van der Waals surface area contributed by atoms with Crippen molar-refractivity contribution >= 4 is 5.91 Å². The van der Waals surface area contributed by atoms with Crippen molar-refractivity contribution in [2.45, 2.75) is 65.0 Å². The molecule has 4 rings (SSSR count). The Labute approximate surface area is 154 Å². The van der Waals surface area contributed by atoms with Crippen LogP contribution in [0.1, 0.15) is 52.4 Å². The van der Waals surface area contributed by atoms with Crippen LogP contribution in [0.4, 0.5) is 0 Å². The molecule has 140 valence electrons. The third kappa shape index (κ3) is 3.52. The van der Waals surface area contributed by atoms with Crippen molar-refractivity contribution in [2.24, 2.45) is 11.3 Å². The minimum atomic E-state index is 0.249. The summed E-state index contributed by atoms with van der Waals surface area (Å²) in [6, 6.07) is 2.36. The van der Waals surface area contributed by atoms with E-state index in [1.807, 2.05) is 16.9 Å². The molecule has 0 spiro atoms. The van der Waals surface area contributed by atoms with Gasteiger partial charge in [0.25, 0.3) is 0 Å². The van der Waals surface area contributed by atoms with Crippen LogP contribution in [0.5, 0.6) is 0 Å². The van der Waals surface area contributed by atoms with Crippen LogP contribution in [0.25, 0.3) is 11.4 Å². The molecule has 26 heavy (non-hydrogen) atoms. The van der Waals surface area contributed by atoms with Crippen LogP contribution in [0.3, 0.4) is 0 Å². The van der Waals surface area contributed by atoms with Crippen LogP contribution in [-0.2, 0) is 11.3 Å². The standard InChI is InChI=1S/C19H28N6O/c1-3-19(2)11-14(12-19)18(26)25(15-5-6-15)10-4-9-24-13-17(22-23-24)16-7-8-20-21-16/h7-8,13-15H,3-6,9-12H2,1-2H3,(H,20,21). The number of aromatic amines is 1. The first kappa shape index (κ1) is 17.2. The molecule has 0 bridgehead atoms. The van der Waals surface area contributed by atoms with Crippen LogP contribution in [0.2, 0.25) is 0 Å². The number of nitrogens with zero attached hydrogens (tertiary/aromatic N) is 5. The normalized spacial score (nSPS) is 25.1. The van der Waals surface area contributed by atoms with Crippen molar-refractivity contribution in [3.8, 4) is 11.4 Å². The molecule has 0 aromatic carbocycles. The van der Waals surface area contributed by atoms with Gasteiger partial charge in [-0.3, -0.25) is 14.6 Å². The number of nitrogens with one attached hydrogen (secondary N) is 1. The quantitative estimate of drug-likeness (QED) is 0.789. The number of rotatable bonds is 8. The number of H-pyrrole nitrogens is 1. The number of amides is 1. The maximum Gasteiger partial charge on any atom is 0.225 e. The summed E-state index contributed by atoms with van der Waals surface area (Å²) in [5.41, 5.74) is 2.06. The van der Waals surface area contributed by atoms with Gasteiger partial charge in [0.15, 0.2) is 0 Å². The zero-order chi connectivity index (χ0) is 18.1. The number of aryl methyl sites for hydroxylation is 1. The molecule has 2 saturated carbocycles. The van der Waals surface area contributed by atoms with Crippen molar-refractivity contribution in [1.82, 2.24) is 30.1 Å². The fraction of sp³-hybridized carbons (Fsp3) is 0.684. The van der Waals surface area contributed by atoms with Gasteiger partial charge in [-0.2, -0.15) is 5.10 Å². The number of carbonyl (C=O) groups excluding carboxylic acids is 1. The monoisotopic (exact) mass is 356 g/mol. The van der Waals surface area contributed by atoms with Gasteiger partial charge in [0.05, 0.1) is 11.9 Å². The minimum absolute atomic E-state index is 0.249. The average molecular weight is 356 g/mol. The molecule has 2 aromatic heterocycles. The fourth-order valence-electron chi connectivity index (χ4n) is 4.02. The largest absolute Gasteiger partial charge is 0.339 e. The third-order valence-corrected chi connectivity index (χ3v) is 6.05. The zero-order valence-electron chi connectivity index (χ0n) is 15.7. The van der Waals surface area contributed by atoms with E-state index < -0.39 is 0 Å². The van der Waals surface area contributed by atoms with Crippen molar-refractivity contribution in [3.63, 3.8) is 0 Å². The molecule has 0 aliphatic heterocycles. The Morgan fingerprint density at radius 2 is 2.23 bits per heavy atom. The molecule has 2 heterocycles. The fourth-order valence-corrected chi connectivity index (χ4v) is 4.02. The van der Waals surface area contributed by atoms with Gasteiger partial charge >= 0.3 is 0 Å². The lowest BCUT2D eigenvalue weighted by atomic mass is 9.61. The average Bonchev–Trinajstić information content (AvgIpc) is 3.11. The Morgan fingerprint density at radius 1 is 1.42 bits per heavy atom. The Hall–Kier alpha value is -2.18. The van der Waals surface area contributed by atoms with Crippen molar-refractivity contribution < 1.29 is 4.79 Å². The lowest BCUT2D eigenvalue weighted by Crippen LogP contribution is -2.47. The highest BCUT2D eigenvalue weighted by molar-refractivity contribution is 5.80. The zero-order valence-corrected chi connectivity index (χ0v) is 15.7. The summed E-state index contributed by atoms with van der Waals surface area (Å²) < 4.78 is 1.85. The molecule has 1 amide bonds. The molecule has 2 aliphatic carbocycles. The number of hydrogen-bond acceptors (Lipinski definition) is 4. The molecule has 0 saturated heterocycles.